The van der Waals surface area contributed by atoms with E-state index in [1.165, 1.54) is 0 Å². The molecule has 5 nitrogen and oxygen atoms in total. The molecule has 0 atom stereocenters. The highest BCUT2D eigenvalue weighted by atomic mass is 16.4. The summed E-state index contributed by atoms with van der Waals surface area (Å²) < 4.78 is 7.53. The summed E-state index contributed by atoms with van der Waals surface area (Å²) in [5.41, 5.74) is 2.73. The number of imidazole rings is 1. The quantitative estimate of drug-likeness (QED) is 0.781. The van der Waals surface area contributed by atoms with Gasteiger partial charge >= 0.3 is 0 Å². The maximum absolute atomic E-state index is 9.42. The number of fused-ring (bicyclic) bond motifs is 1. The number of aliphatic hydroxyl groups excluding tert-OH is 1. The first-order valence-electron chi connectivity index (χ1n) is 6.17. The van der Waals surface area contributed by atoms with E-state index in [4.69, 9.17) is 4.42 Å². The Morgan fingerprint density at radius 1 is 1.21 bits per heavy atom. The molecule has 2 heterocycles. The number of aromatic nitrogens is 3. The predicted octanol–water partition coefficient (Wildman–Crippen LogP) is 2.18. The van der Waals surface area contributed by atoms with Gasteiger partial charge in [-0.3, -0.25) is 0 Å². The van der Waals surface area contributed by atoms with Gasteiger partial charge in [-0.1, -0.05) is 12.1 Å². The standard InChI is InChI=1S/C14H15N3O2/c1-9-10(2)19-14(15-9)7-17-12-6-4-3-5-11(12)16-13(17)8-18/h3-6,18H,7-8H2,1-2H3. The maximum atomic E-state index is 9.42. The lowest BCUT2D eigenvalue weighted by atomic mass is 10.3. The van der Waals surface area contributed by atoms with Crippen LogP contribution in [-0.2, 0) is 13.2 Å². The lowest BCUT2D eigenvalue weighted by Gasteiger charge is -2.04. The normalized spacial score (nSPS) is 11.3. The van der Waals surface area contributed by atoms with Crippen molar-refractivity contribution in [1.29, 1.82) is 0 Å². The predicted molar refractivity (Wildman–Crippen MR) is 70.7 cm³/mol. The first kappa shape index (κ1) is 11.9. The molecular formula is C14H15N3O2. The molecule has 0 saturated carbocycles. The molecule has 2 aromatic heterocycles. The average Bonchev–Trinajstić information content (AvgIpc) is 2.92. The second-order valence-electron chi connectivity index (χ2n) is 4.51. The van der Waals surface area contributed by atoms with Crippen molar-refractivity contribution in [2.45, 2.75) is 27.0 Å². The molecule has 0 amide bonds. The molecule has 1 N–H and O–H groups in total. The van der Waals surface area contributed by atoms with Crippen molar-refractivity contribution in [3.05, 3.63) is 47.4 Å². The van der Waals surface area contributed by atoms with E-state index in [1.807, 2.05) is 42.7 Å². The molecule has 0 aliphatic carbocycles. The van der Waals surface area contributed by atoms with E-state index in [9.17, 15) is 5.11 Å². The van der Waals surface area contributed by atoms with E-state index in [1.54, 1.807) is 0 Å². The highest BCUT2D eigenvalue weighted by molar-refractivity contribution is 5.75. The Morgan fingerprint density at radius 2 is 2.00 bits per heavy atom. The number of aliphatic hydroxyl groups is 1. The first-order valence-corrected chi connectivity index (χ1v) is 6.17. The van der Waals surface area contributed by atoms with Crippen molar-refractivity contribution in [3.63, 3.8) is 0 Å². The lowest BCUT2D eigenvalue weighted by Crippen LogP contribution is -2.05. The Kier molecular flexibility index (Phi) is 2.83. The van der Waals surface area contributed by atoms with Gasteiger partial charge in [0, 0.05) is 0 Å². The lowest BCUT2D eigenvalue weighted by molar-refractivity contribution is 0.265. The second kappa shape index (κ2) is 4.51. The van der Waals surface area contributed by atoms with Gasteiger partial charge in [-0.15, -0.1) is 0 Å². The topological polar surface area (TPSA) is 64.1 Å². The Hall–Kier alpha value is -2.14. The summed E-state index contributed by atoms with van der Waals surface area (Å²) in [5, 5.41) is 9.42. The van der Waals surface area contributed by atoms with E-state index in [0.29, 0.717) is 18.3 Å². The molecule has 0 spiro atoms. The zero-order chi connectivity index (χ0) is 13.4. The zero-order valence-electron chi connectivity index (χ0n) is 10.9. The molecule has 0 bridgehead atoms. The third-order valence-corrected chi connectivity index (χ3v) is 3.24. The van der Waals surface area contributed by atoms with Crippen LogP contribution in [0, 0.1) is 13.8 Å². The number of aryl methyl sites for hydroxylation is 2. The molecule has 0 radical (unpaired) electrons. The number of benzene rings is 1. The van der Waals surface area contributed by atoms with Gasteiger partial charge in [0.05, 0.1) is 16.7 Å². The summed E-state index contributed by atoms with van der Waals surface area (Å²) in [5.74, 6) is 2.08. The third-order valence-electron chi connectivity index (χ3n) is 3.24. The fraction of sp³-hybridized carbons (Fsp3) is 0.286. The van der Waals surface area contributed by atoms with Crippen molar-refractivity contribution < 1.29 is 9.52 Å². The maximum Gasteiger partial charge on any atom is 0.214 e. The summed E-state index contributed by atoms with van der Waals surface area (Å²) in [6, 6.07) is 7.79. The van der Waals surface area contributed by atoms with Crippen molar-refractivity contribution >= 4 is 11.0 Å². The molecule has 98 valence electrons. The van der Waals surface area contributed by atoms with Crippen LogP contribution in [0.25, 0.3) is 11.0 Å². The average molecular weight is 257 g/mol. The van der Waals surface area contributed by atoms with Crippen LogP contribution in [0.5, 0.6) is 0 Å². The summed E-state index contributed by atoms with van der Waals surface area (Å²) in [6.07, 6.45) is 0. The van der Waals surface area contributed by atoms with Gasteiger partial charge in [0.1, 0.15) is 24.7 Å². The summed E-state index contributed by atoms with van der Waals surface area (Å²) in [7, 11) is 0. The van der Waals surface area contributed by atoms with Gasteiger partial charge in [0.2, 0.25) is 5.89 Å². The smallest absolute Gasteiger partial charge is 0.214 e. The van der Waals surface area contributed by atoms with Crippen molar-refractivity contribution in [2.75, 3.05) is 0 Å². The van der Waals surface area contributed by atoms with Crippen LogP contribution in [-0.4, -0.2) is 19.6 Å². The molecule has 0 unspecified atom stereocenters. The summed E-state index contributed by atoms with van der Waals surface area (Å²) >= 11 is 0. The number of hydrogen-bond donors (Lipinski definition) is 1. The largest absolute Gasteiger partial charge is 0.444 e. The minimum atomic E-state index is -0.104. The van der Waals surface area contributed by atoms with Crippen LogP contribution < -0.4 is 0 Å². The third kappa shape index (κ3) is 2.02. The Morgan fingerprint density at radius 3 is 2.68 bits per heavy atom. The molecule has 0 aliphatic heterocycles. The SMILES string of the molecule is Cc1nc(Cn2c(CO)nc3ccccc32)oc1C. The number of nitrogens with zero attached hydrogens (tertiary/aromatic N) is 3. The minimum absolute atomic E-state index is 0.104. The van der Waals surface area contributed by atoms with Crippen LogP contribution in [0.3, 0.4) is 0 Å². The number of para-hydroxylation sites is 2. The van der Waals surface area contributed by atoms with Gasteiger partial charge in [-0.25, -0.2) is 9.97 Å². The molecule has 5 heteroatoms. The van der Waals surface area contributed by atoms with Crippen LogP contribution >= 0.6 is 0 Å². The fourth-order valence-electron chi connectivity index (χ4n) is 2.16. The monoisotopic (exact) mass is 257 g/mol. The minimum Gasteiger partial charge on any atom is -0.444 e. The van der Waals surface area contributed by atoms with Crippen LogP contribution in [0.2, 0.25) is 0 Å². The van der Waals surface area contributed by atoms with E-state index in [-0.39, 0.29) is 6.61 Å². The number of rotatable bonds is 3. The van der Waals surface area contributed by atoms with Gasteiger partial charge in [-0.05, 0) is 26.0 Å². The zero-order valence-corrected chi connectivity index (χ0v) is 10.9. The molecule has 0 fully saturated rings. The van der Waals surface area contributed by atoms with Crippen LogP contribution in [0.1, 0.15) is 23.2 Å². The van der Waals surface area contributed by atoms with E-state index in [0.717, 1.165) is 22.5 Å². The van der Waals surface area contributed by atoms with Crippen LogP contribution in [0.4, 0.5) is 0 Å². The van der Waals surface area contributed by atoms with Gasteiger partial charge in [-0.2, -0.15) is 0 Å². The molecule has 19 heavy (non-hydrogen) atoms. The van der Waals surface area contributed by atoms with Gasteiger partial charge in [0.15, 0.2) is 0 Å². The molecule has 0 aliphatic rings. The van der Waals surface area contributed by atoms with Crippen molar-refractivity contribution in [3.8, 4) is 0 Å². The van der Waals surface area contributed by atoms with Crippen LogP contribution in [0.15, 0.2) is 28.7 Å². The molecule has 1 aromatic carbocycles. The highest BCUT2D eigenvalue weighted by Crippen LogP contribution is 2.18. The van der Waals surface area contributed by atoms with Gasteiger partial charge in [0.25, 0.3) is 0 Å². The number of oxazole rings is 1. The highest BCUT2D eigenvalue weighted by Gasteiger charge is 2.13. The fourth-order valence-corrected chi connectivity index (χ4v) is 2.16. The van der Waals surface area contributed by atoms with Crippen molar-refractivity contribution in [2.24, 2.45) is 0 Å². The molecule has 0 saturated heterocycles. The number of hydrogen-bond acceptors (Lipinski definition) is 4. The molecule has 3 rings (SSSR count). The first-order chi connectivity index (χ1) is 9.19. The molecular weight excluding hydrogens is 242 g/mol. The summed E-state index contributed by atoms with van der Waals surface area (Å²) in [4.78, 5) is 8.77. The van der Waals surface area contributed by atoms with E-state index < -0.39 is 0 Å². The Bertz CT molecular complexity index is 708. The van der Waals surface area contributed by atoms with Crippen molar-refractivity contribution in [1.82, 2.24) is 14.5 Å². The van der Waals surface area contributed by atoms with E-state index in [2.05, 4.69) is 9.97 Å². The summed E-state index contributed by atoms with van der Waals surface area (Å²) in [6.45, 7) is 4.19. The molecule has 3 aromatic rings. The Labute approximate surface area is 110 Å². The van der Waals surface area contributed by atoms with E-state index >= 15 is 0 Å². The second-order valence-corrected chi connectivity index (χ2v) is 4.51. The Balaban J connectivity index is 2.08. The van der Waals surface area contributed by atoms with Gasteiger partial charge < -0.3 is 14.1 Å².